The Balaban J connectivity index is 2.14. The number of rotatable bonds is 10. The molecule has 1 saturated heterocycles. The zero-order chi connectivity index (χ0) is 21.9. The number of hydrogen-bond donors (Lipinski definition) is 1. The van der Waals surface area contributed by atoms with Crippen molar-refractivity contribution in [2.45, 2.75) is 6.54 Å². The number of methoxy groups -OCH3 is 2. The van der Waals surface area contributed by atoms with Gasteiger partial charge in [-0.3, -0.25) is 15.0 Å². The molecule has 1 fully saturated rings. The van der Waals surface area contributed by atoms with E-state index in [1.165, 1.54) is 7.11 Å². The van der Waals surface area contributed by atoms with Crippen LogP contribution in [0.15, 0.2) is 64.7 Å². The molecule has 0 atom stereocenters. The summed E-state index contributed by atoms with van der Waals surface area (Å²) < 4.78 is 9.98. The fourth-order valence-electron chi connectivity index (χ4n) is 2.60. The van der Waals surface area contributed by atoms with Crippen LogP contribution in [0.5, 0.6) is 5.75 Å². The third-order valence-corrected chi connectivity index (χ3v) is 4.83. The summed E-state index contributed by atoms with van der Waals surface area (Å²) >= 11 is 1.02. The molecule has 1 aliphatic heterocycles. The van der Waals surface area contributed by atoms with E-state index in [-0.39, 0.29) is 10.1 Å². The van der Waals surface area contributed by atoms with Gasteiger partial charge >= 0.3 is 5.97 Å². The number of esters is 1. The molecular weight excluding hydrogens is 404 g/mol. The first kappa shape index (κ1) is 23.1. The van der Waals surface area contributed by atoms with Crippen molar-refractivity contribution in [3.8, 4) is 5.75 Å². The number of nitrogens with one attached hydrogen (secondary N) is 1. The highest BCUT2D eigenvalue weighted by Crippen LogP contribution is 2.24. The summed E-state index contributed by atoms with van der Waals surface area (Å²) in [5.41, 5.74) is 1.82. The summed E-state index contributed by atoms with van der Waals surface area (Å²) in [6.07, 6.45) is 6.37. The average Bonchev–Trinajstić information content (AvgIpc) is 3.07. The summed E-state index contributed by atoms with van der Waals surface area (Å²) in [5, 5.41) is 10.9. The minimum absolute atomic E-state index is 0.201. The van der Waals surface area contributed by atoms with E-state index in [4.69, 9.17) is 4.74 Å². The van der Waals surface area contributed by atoms with Gasteiger partial charge in [0, 0.05) is 31.3 Å². The van der Waals surface area contributed by atoms with Gasteiger partial charge in [0.1, 0.15) is 5.75 Å². The van der Waals surface area contributed by atoms with Crippen molar-refractivity contribution >= 4 is 35.0 Å². The van der Waals surface area contributed by atoms with Crippen LogP contribution in [0.2, 0.25) is 0 Å². The molecular formula is C21H24N4O4S. The minimum Gasteiger partial charge on any atom is -0.496 e. The highest BCUT2D eigenvalue weighted by molar-refractivity contribution is 8.18. The Hall–Kier alpha value is -3.17. The van der Waals surface area contributed by atoms with Crippen LogP contribution < -0.4 is 10.1 Å². The van der Waals surface area contributed by atoms with Gasteiger partial charge in [-0.2, -0.15) is 5.10 Å². The van der Waals surface area contributed by atoms with Crippen LogP contribution in [-0.2, 0) is 20.9 Å². The van der Waals surface area contributed by atoms with Gasteiger partial charge < -0.3 is 9.47 Å². The Morgan fingerprint density at radius 1 is 1.27 bits per heavy atom. The van der Waals surface area contributed by atoms with Gasteiger partial charge in [-0.1, -0.05) is 12.2 Å². The Morgan fingerprint density at radius 3 is 2.63 bits per heavy atom. The zero-order valence-electron chi connectivity index (χ0n) is 17.0. The third kappa shape index (κ3) is 6.71. The first-order chi connectivity index (χ1) is 14.5. The van der Waals surface area contributed by atoms with Crippen molar-refractivity contribution in [1.82, 2.24) is 10.2 Å². The molecule has 1 N–H and O–H groups in total. The number of ether oxygens (including phenoxy) is 2. The fraction of sp³-hybridized carbons (Fsp3) is 0.238. The molecule has 2 rings (SSSR count). The Morgan fingerprint density at radius 2 is 2.00 bits per heavy atom. The van der Waals surface area contributed by atoms with Crippen LogP contribution in [0, 0.1) is 0 Å². The number of carbonyl (C=O) groups excluding carboxylic acids is 2. The molecule has 158 valence electrons. The van der Waals surface area contributed by atoms with Crippen molar-refractivity contribution in [3.05, 3.63) is 65.6 Å². The first-order valence-corrected chi connectivity index (χ1v) is 9.83. The number of thioether (sulfide) groups is 1. The van der Waals surface area contributed by atoms with E-state index in [9.17, 15) is 9.59 Å². The van der Waals surface area contributed by atoms with E-state index in [2.05, 4.69) is 38.3 Å². The lowest BCUT2D eigenvalue weighted by atomic mass is 10.1. The predicted molar refractivity (Wildman–Crippen MR) is 120 cm³/mol. The second-order valence-corrected chi connectivity index (χ2v) is 7.11. The van der Waals surface area contributed by atoms with Crippen LogP contribution in [0.4, 0.5) is 0 Å². The normalized spacial score (nSPS) is 16.3. The maximum Gasteiger partial charge on any atom is 0.331 e. The molecule has 1 aliphatic rings. The van der Waals surface area contributed by atoms with Gasteiger partial charge in [-0.15, -0.1) is 18.3 Å². The molecule has 1 aromatic rings. The molecule has 8 nitrogen and oxygen atoms in total. The maximum atomic E-state index is 11.8. The summed E-state index contributed by atoms with van der Waals surface area (Å²) in [4.78, 5) is 25.5. The molecule has 0 bridgehead atoms. The molecule has 0 radical (unpaired) electrons. The van der Waals surface area contributed by atoms with Crippen LogP contribution in [0.3, 0.4) is 0 Å². The number of nitrogens with zero attached hydrogens (tertiary/aromatic N) is 3. The topological polar surface area (TPSA) is 92.6 Å². The van der Waals surface area contributed by atoms with E-state index < -0.39 is 11.9 Å². The molecule has 0 spiro atoms. The van der Waals surface area contributed by atoms with Gasteiger partial charge in [-0.05, 0) is 35.5 Å². The van der Waals surface area contributed by atoms with E-state index in [1.54, 1.807) is 13.3 Å². The number of amides is 1. The Kier molecular flexibility index (Phi) is 9.04. The van der Waals surface area contributed by atoms with Gasteiger partial charge in [-0.25, -0.2) is 4.79 Å². The third-order valence-electron chi connectivity index (χ3n) is 3.93. The van der Waals surface area contributed by atoms with Gasteiger partial charge in [0.25, 0.3) is 5.91 Å². The lowest BCUT2D eigenvalue weighted by molar-refractivity contribution is -0.135. The van der Waals surface area contributed by atoms with Crippen LogP contribution >= 0.6 is 11.8 Å². The van der Waals surface area contributed by atoms with E-state index in [0.29, 0.717) is 6.54 Å². The molecule has 1 aromatic carbocycles. The lowest BCUT2D eigenvalue weighted by Crippen LogP contribution is -2.23. The molecule has 1 amide bonds. The standard InChI is InChI=1S/C21H24N4O4S/c1-5-9-25(10-6-2)14-16-11-15(7-8-17(16)28-3)13-22-24-21-23-20(27)18(30-21)12-19(26)29-4/h5-8,11-13H,1-2,9-10,14H2,3-4H3,(H,23,24,27)/b18-12+,22-13?. The van der Waals surface area contributed by atoms with Crippen LogP contribution in [0.1, 0.15) is 11.1 Å². The first-order valence-electron chi connectivity index (χ1n) is 9.01. The summed E-state index contributed by atoms with van der Waals surface area (Å²) in [6.45, 7) is 9.68. The second kappa shape index (κ2) is 11.7. The fourth-order valence-corrected chi connectivity index (χ4v) is 3.34. The molecule has 0 aliphatic carbocycles. The number of carbonyl (C=O) groups is 2. The minimum atomic E-state index is -0.606. The highest BCUT2D eigenvalue weighted by atomic mass is 32.2. The summed E-state index contributed by atoms with van der Waals surface area (Å²) in [6, 6.07) is 5.69. The predicted octanol–water partition coefficient (Wildman–Crippen LogP) is 2.48. The van der Waals surface area contributed by atoms with E-state index >= 15 is 0 Å². The van der Waals surface area contributed by atoms with Crippen molar-refractivity contribution in [3.63, 3.8) is 0 Å². The maximum absolute atomic E-state index is 11.8. The van der Waals surface area contributed by atoms with Gasteiger partial charge in [0.2, 0.25) is 0 Å². The zero-order valence-corrected chi connectivity index (χ0v) is 17.8. The molecule has 0 saturated carbocycles. The number of benzene rings is 1. The van der Waals surface area contributed by atoms with Gasteiger partial charge in [0.05, 0.1) is 25.3 Å². The van der Waals surface area contributed by atoms with Crippen LogP contribution in [-0.4, -0.2) is 55.5 Å². The molecule has 0 unspecified atom stereocenters. The Labute approximate surface area is 180 Å². The average molecular weight is 429 g/mol. The van der Waals surface area contributed by atoms with Crippen molar-refractivity contribution in [2.75, 3.05) is 27.3 Å². The highest BCUT2D eigenvalue weighted by Gasteiger charge is 2.25. The number of amidine groups is 1. The molecule has 0 aromatic heterocycles. The monoisotopic (exact) mass is 428 g/mol. The van der Waals surface area contributed by atoms with Gasteiger partial charge in [0.15, 0.2) is 5.17 Å². The quantitative estimate of drug-likeness (QED) is 0.202. The van der Waals surface area contributed by atoms with E-state index in [0.717, 1.165) is 47.8 Å². The smallest absolute Gasteiger partial charge is 0.331 e. The Bertz CT molecular complexity index is 898. The van der Waals surface area contributed by atoms with Crippen LogP contribution in [0.25, 0.3) is 0 Å². The van der Waals surface area contributed by atoms with Crippen molar-refractivity contribution < 1.29 is 19.1 Å². The molecule has 9 heteroatoms. The molecule has 30 heavy (non-hydrogen) atoms. The molecule has 1 heterocycles. The van der Waals surface area contributed by atoms with Crippen molar-refractivity contribution in [2.24, 2.45) is 10.2 Å². The summed E-state index contributed by atoms with van der Waals surface area (Å²) in [7, 11) is 2.87. The van der Waals surface area contributed by atoms with E-state index in [1.807, 2.05) is 30.4 Å². The lowest BCUT2D eigenvalue weighted by Gasteiger charge is -2.20. The van der Waals surface area contributed by atoms with Crippen molar-refractivity contribution in [1.29, 1.82) is 0 Å². The SMILES string of the molecule is C=CCN(CC=C)Cc1cc(C=N/N=C2/NC(=O)/C(=C\C(=O)OC)S2)ccc1OC. The summed E-state index contributed by atoms with van der Waals surface area (Å²) in [5.74, 6) is -0.256. The number of hydrogen-bond acceptors (Lipinski definition) is 8. The second-order valence-electron chi connectivity index (χ2n) is 6.08. The largest absolute Gasteiger partial charge is 0.496 e.